The molecule has 2 N–H and O–H groups in total. The predicted octanol–water partition coefficient (Wildman–Crippen LogP) is 3.17. The molecule has 0 bridgehead atoms. The lowest BCUT2D eigenvalue weighted by Crippen LogP contribution is -2.43. The third-order valence-corrected chi connectivity index (χ3v) is 3.52. The van der Waals surface area contributed by atoms with Gasteiger partial charge in [-0.2, -0.15) is 0 Å². The molecule has 0 saturated carbocycles. The largest absolute Gasteiger partial charge is 0.381 e. The van der Waals surface area contributed by atoms with E-state index in [0.29, 0.717) is 22.1 Å². The van der Waals surface area contributed by atoms with E-state index >= 15 is 0 Å². The highest BCUT2D eigenvalue weighted by Gasteiger charge is 2.16. The second-order valence-electron chi connectivity index (χ2n) is 4.63. The summed E-state index contributed by atoms with van der Waals surface area (Å²) in [6.07, 6.45) is 0.999. The number of hydrogen-bond acceptors (Lipinski definition) is 3. The highest BCUT2D eigenvalue weighted by atomic mass is 35.5. The van der Waals surface area contributed by atoms with Gasteiger partial charge in [0.1, 0.15) is 0 Å². The van der Waals surface area contributed by atoms with Crippen molar-refractivity contribution in [3.8, 4) is 0 Å². The summed E-state index contributed by atoms with van der Waals surface area (Å²) in [5, 5.41) is 8.15. The Morgan fingerprint density at radius 1 is 1.50 bits per heavy atom. The Morgan fingerprint density at radius 2 is 2.33 bits per heavy atom. The average molecular weight is 289 g/mol. The molecule has 18 heavy (non-hydrogen) atoms. The van der Waals surface area contributed by atoms with Gasteiger partial charge in [-0.1, -0.05) is 23.2 Å². The van der Waals surface area contributed by atoms with Crippen molar-refractivity contribution in [1.82, 2.24) is 5.32 Å². The monoisotopic (exact) mass is 288 g/mol. The molecule has 1 fully saturated rings. The van der Waals surface area contributed by atoms with E-state index in [2.05, 4.69) is 17.6 Å². The Kier molecular flexibility index (Phi) is 5.13. The number of hydrogen-bond donors (Lipinski definition) is 2. The fraction of sp³-hybridized carbons (Fsp3) is 0.538. The van der Waals surface area contributed by atoms with Crippen LogP contribution in [0.15, 0.2) is 18.2 Å². The smallest absolute Gasteiger partial charge is 0.0652 e. The molecule has 1 aromatic rings. The fourth-order valence-corrected chi connectivity index (χ4v) is 2.59. The van der Waals surface area contributed by atoms with Crippen LogP contribution in [0.25, 0.3) is 0 Å². The standard InChI is InChI=1S/C13H18Cl2N2O/c1-9(6-11-8-18-5-4-16-11)17-13-3-2-10(14)7-12(13)15/h2-3,7,9,11,16-17H,4-6,8H2,1H3. The molecule has 0 radical (unpaired) electrons. The van der Waals surface area contributed by atoms with Crippen molar-refractivity contribution in [3.63, 3.8) is 0 Å². The Bertz CT molecular complexity index is 395. The number of halogens is 2. The lowest BCUT2D eigenvalue weighted by molar-refractivity contribution is 0.0731. The van der Waals surface area contributed by atoms with Gasteiger partial charge in [-0.05, 0) is 31.5 Å². The number of rotatable bonds is 4. The molecule has 3 nitrogen and oxygen atoms in total. The van der Waals surface area contributed by atoms with Gasteiger partial charge in [0, 0.05) is 23.7 Å². The van der Waals surface area contributed by atoms with Gasteiger partial charge in [-0.3, -0.25) is 0 Å². The second-order valence-corrected chi connectivity index (χ2v) is 5.47. The van der Waals surface area contributed by atoms with E-state index in [9.17, 15) is 0 Å². The highest BCUT2D eigenvalue weighted by molar-refractivity contribution is 6.36. The van der Waals surface area contributed by atoms with Crippen LogP contribution in [0.1, 0.15) is 13.3 Å². The first-order valence-electron chi connectivity index (χ1n) is 6.18. The van der Waals surface area contributed by atoms with Crippen LogP contribution in [-0.2, 0) is 4.74 Å². The quantitative estimate of drug-likeness (QED) is 0.893. The van der Waals surface area contributed by atoms with E-state index in [1.165, 1.54) is 0 Å². The Hall–Kier alpha value is -0.480. The summed E-state index contributed by atoms with van der Waals surface area (Å²) < 4.78 is 5.44. The molecule has 1 heterocycles. The molecular weight excluding hydrogens is 271 g/mol. The summed E-state index contributed by atoms with van der Waals surface area (Å²) in [5.41, 5.74) is 0.922. The Morgan fingerprint density at radius 3 is 3.00 bits per heavy atom. The van der Waals surface area contributed by atoms with Crippen molar-refractivity contribution in [1.29, 1.82) is 0 Å². The van der Waals surface area contributed by atoms with E-state index in [1.54, 1.807) is 6.07 Å². The molecule has 1 saturated heterocycles. The van der Waals surface area contributed by atoms with E-state index in [4.69, 9.17) is 27.9 Å². The number of morpholine rings is 1. The van der Waals surface area contributed by atoms with Crippen molar-refractivity contribution in [2.75, 3.05) is 25.1 Å². The van der Waals surface area contributed by atoms with Gasteiger partial charge in [-0.25, -0.2) is 0 Å². The van der Waals surface area contributed by atoms with E-state index in [1.807, 2.05) is 12.1 Å². The number of anilines is 1. The molecule has 0 aromatic heterocycles. The maximum Gasteiger partial charge on any atom is 0.0652 e. The van der Waals surface area contributed by atoms with Crippen LogP contribution < -0.4 is 10.6 Å². The average Bonchev–Trinajstić information content (AvgIpc) is 2.34. The zero-order valence-electron chi connectivity index (χ0n) is 10.4. The van der Waals surface area contributed by atoms with Crippen LogP contribution >= 0.6 is 23.2 Å². The molecule has 0 aliphatic carbocycles. The third kappa shape index (κ3) is 4.02. The van der Waals surface area contributed by atoms with Crippen LogP contribution in [0.2, 0.25) is 10.0 Å². The number of nitrogens with one attached hydrogen (secondary N) is 2. The molecule has 0 amide bonds. The third-order valence-electron chi connectivity index (χ3n) is 2.97. The lowest BCUT2D eigenvalue weighted by Gasteiger charge is -2.27. The molecule has 100 valence electrons. The molecule has 1 aromatic carbocycles. The zero-order chi connectivity index (χ0) is 13.0. The summed E-state index contributed by atoms with van der Waals surface area (Å²) in [5.74, 6) is 0. The van der Waals surface area contributed by atoms with Crippen molar-refractivity contribution >= 4 is 28.9 Å². The van der Waals surface area contributed by atoms with Crippen LogP contribution in [-0.4, -0.2) is 31.8 Å². The Balaban J connectivity index is 1.87. The minimum atomic E-state index is 0.322. The molecule has 0 spiro atoms. The fourth-order valence-electron chi connectivity index (χ4n) is 2.13. The van der Waals surface area contributed by atoms with Crippen molar-refractivity contribution < 1.29 is 4.74 Å². The first-order valence-corrected chi connectivity index (χ1v) is 6.93. The zero-order valence-corrected chi connectivity index (χ0v) is 11.9. The van der Waals surface area contributed by atoms with Gasteiger partial charge < -0.3 is 15.4 Å². The van der Waals surface area contributed by atoms with Crippen LogP contribution in [0.5, 0.6) is 0 Å². The first kappa shape index (κ1) is 13.9. The summed E-state index contributed by atoms with van der Waals surface area (Å²) in [6.45, 7) is 4.65. The molecule has 2 unspecified atom stereocenters. The van der Waals surface area contributed by atoms with Crippen molar-refractivity contribution in [2.24, 2.45) is 0 Å². The van der Waals surface area contributed by atoms with Gasteiger partial charge in [0.05, 0.1) is 23.9 Å². The summed E-state index contributed by atoms with van der Waals surface area (Å²) >= 11 is 12.0. The predicted molar refractivity (Wildman–Crippen MR) is 76.8 cm³/mol. The van der Waals surface area contributed by atoms with Crippen LogP contribution in [0.3, 0.4) is 0 Å². The minimum absolute atomic E-state index is 0.322. The summed E-state index contributed by atoms with van der Waals surface area (Å²) in [4.78, 5) is 0. The van der Waals surface area contributed by atoms with Crippen molar-refractivity contribution in [2.45, 2.75) is 25.4 Å². The van der Waals surface area contributed by atoms with Gasteiger partial charge in [-0.15, -0.1) is 0 Å². The molecular formula is C13H18Cl2N2O. The highest BCUT2D eigenvalue weighted by Crippen LogP contribution is 2.26. The summed E-state index contributed by atoms with van der Waals surface area (Å²) in [7, 11) is 0. The molecule has 2 rings (SSSR count). The maximum atomic E-state index is 6.13. The van der Waals surface area contributed by atoms with E-state index in [-0.39, 0.29) is 0 Å². The maximum absolute atomic E-state index is 6.13. The SMILES string of the molecule is CC(CC1COCCN1)Nc1ccc(Cl)cc1Cl. The van der Waals surface area contributed by atoms with Crippen molar-refractivity contribution in [3.05, 3.63) is 28.2 Å². The normalized spacial score (nSPS) is 21.6. The molecule has 5 heteroatoms. The minimum Gasteiger partial charge on any atom is -0.381 e. The van der Waals surface area contributed by atoms with E-state index < -0.39 is 0 Å². The molecule has 1 aliphatic rings. The van der Waals surface area contributed by atoms with Gasteiger partial charge >= 0.3 is 0 Å². The van der Waals surface area contributed by atoms with Crippen LogP contribution in [0, 0.1) is 0 Å². The Labute approximate surface area is 118 Å². The van der Waals surface area contributed by atoms with Crippen LogP contribution in [0.4, 0.5) is 5.69 Å². The summed E-state index contributed by atoms with van der Waals surface area (Å²) in [6, 6.07) is 6.23. The first-order chi connectivity index (χ1) is 8.65. The van der Waals surface area contributed by atoms with Gasteiger partial charge in [0.25, 0.3) is 0 Å². The molecule has 1 aliphatic heterocycles. The topological polar surface area (TPSA) is 33.3 Å². The number of ether oxygens (including phenoxy) is 1. The lowest BCUT2D eigenvalue weighted by atomic mass is 10.1. The number of benzene rings is 1. The second kappa shape index (κ2) is 6.62. The van der Waals surface area contributed by atoms with Gasteiger partial charge in [0.2, 0.25) is 0 Å². The van der Waals surface area contributed by atoms with E-state index in [0.717, 1.165) is 31.9 Å². The van der Waals surface area contributed by atoms with Gasteiger partial charge in [0.15, 0.2) is 0 Å². The molecule has 2 atom stereocenters.